The van der Waals surface area contributed by atoms with Gasteiger partial charge in [-0.25, -0.2) is 4.98 Å². The predicted octanol–water partition coefficient (Wildman–Crippen LogP) is -0.120. The maximum absolute atomic E-state index is 13.0. The number of carbonyl (C=O) groups excluding carboxylic acids is 5. The van der Waals surface area contributed by atoms with Crippen LogP contribution in [0.2, 0.25) is 5.15 Å². The van der Waals surface area contributed by atoms with Crippen molar-refractivity contribution in [3.63, 3.8) is 0 Å². The minimum atomic E-state index is -1.60. The first kappa shape index (κ1) is 28.3. The Morgan fingerprint density at radius 1 is 1.03 bits per heavy atom. The number of nitrogens with zero attached hydrogens (tertiary/aromatic N) is 4. The van der Waals surface area contributed by atoms with E-state index in [1.54, 1.807) is 0 Å². The minimum Gasteiger partial charge on any atom is -0.455 e. The molecule has 5 atom stereocenters. The third-order valence-corrected chi connectivity index (χ3v) is 5.25. The van der Waals surface area contributed by atoms with Gasteiger partial charge in [0, 0.05) is 27.7 Å². The molecule has 202 valence electrons. The molecular weight excluding hydrogens is 528 g/mol. The largest absolute Gasteiger partial charge is 0.455 e. The van der Waals surface area contributed by atoms with Crippen LogP contribution in [0.4, 0.5) is 5.95 Å². The monoisotopic (exact) mass is 550 g/mol. The molecule has 2 aromatic heterocycles. The zero-order valence-electron chi connectivity index (χ0n) is 20.6. The van der Waals surface area contributed by atoms with Gasteiger partial charge in [0.2, 0.25) is 11.9 Å². The fraction of sp³-hybridized carbons (Fsp3) is 0.455. The number of rotatable bonds is 7. The number of hydrogen-bond donors (Lipinski definition) is 2. The van der Waals surface area contributed by atoms with Crippen molar-refractivity contribution in [3.8, 4) is 12.3 Å². The molecule has 38 heavy (non-hydrogen) atoms. The second-order valence-electron chi connectivity index (χ2n) is 7.93. The molecule has 0 aliphatic carbocycles. The molecule has 16 heteroatoms. The first-order valence-electron chi connectivity index (χ1n) is 11.0. The average molecular weight is 551 g/mol. The minimum absolute atomic E-state index is 0.00574. The van der Waals surface area contributed by atoms with Crippen LogP contribution in [0.5, 0.6) is 0 Å². The fourth-order valence-electron chi connectivity index (χ4n) is 3.74. The molecule has 0 aromatic carbocycles. The molecule has 3 heterocycles. The number of terminal acetylenes is 1. The van der Waals surface area contributed by atoms with Crippen molar-refractivity contribution in [2.45, 2.75) is 58.3 Å². The summed E-state index contributed by atoms with van der Waals surface area (Å²) in [4.78, 5) is 73.0. The molecule has 1 aliphatic rings. The zero-order chi connectivity index (χ0) is 28.1. The topological polar surface area (TPSA) is 190 Å². The Balaban J connectivity index is 2.21. The van der Waals surface area contributed by atoms with Crippen molar-refractivity contribution in [1.82, 2.24) is 24.8 Å². The summed E-state index contributed by atoms with van der Waals surface area (Å²) in [6.07, 6.45) is -1.14. The van der Waals surface area contributed by atoms with Gasteiger partial charge in [-0.1, -0.05) is 17.5 Å². The zero-order valence-corrected chi connectivity index (χ0v) is 21.3. The summed E-state index contributed by atoms with van der Waals surface area (Å²) in [6, 6.07) is 0. The van der Waals surface area contributed by atoms with E-state index in [2.05, 4.69) is 31.5 Å². The van der Waals surface area contributed by atoms with Crippen LogP contribution in [-0.4, -0.2) is 80.2 Å². The van der Waals surface area contributed by atoms with E-state index >= 15 is 0 Å². The standard InChI is InChI=1S/C22H23ClN6O9/c1-6-7-24-20(34)16-14(35-10(3)31)15(36-11(4)32)17(37-12(5)33)21(38-16)29-8-25-13-18(23)27-22(26-9(2)30)28-19(13)29/h1,8,14-17,21H,7H2,2-5H3,(H,24,34)(H,26,27,28,30)/t14-,15?,16?,17?,21+/m0/s1. The SMILES string of the molecule is C#CCNC(=O)C1O[C@@H](n2cnc3c(Cl)nc(NC(C)=O)nc32)C(OC(C)=O)C(OC(C)=O)[C@@H]1OC(C)=O. The first-order valence-corrected chi connectivity index (χ1v) is 11.4. The van der Waals surface area contributed by atoms with E-state index in [1.807, 2.05) is 0 Å². The number of halogens is 1. The molecule has 2 aromatic rings. The third kappa shape index (κ3) is 6.33. The van der Waals surface area contributed by atoms with E-state index < -0.39 is 60.4 Å². The molecule has 0 saturated carbocycles. The van der Waals surface area contributed by atoms with Gasteiger partial charge < -0.3 is 24.3 Å². The number of carbonyl (C=O) groups is 5. The molecule has 1 aliphatic heterocycles. The summed E-state index contributed by atoms with van der Waals surface area (Å²) < 4.78 is 23.4. The predicted molar refractivity (Wildman–Crippen MR) is 127 cm³/mol. The number of imidazole rings is 1. The fourth-order valence-corrected chi connectivity index (χ4v) is 3.96. The Morgan fingerprint density at radius 3 is 2.21 bits per heavy atom. The van der Waals surface area contributed by atoms with E-state index in [9.17, 15) is 24.0 Å². The number of anilines is 1. The van der Waals surface area contributed by atoms with Gasteiger partial charge >= 0.3 is 17.9 Å². The molecule has 2 N–H and O–H groups in total. The van der Waals surface area contributed by atoms with Gasteiger partial charge in [-0.15, -0.1) is 6.42 Å². The quantitative estimate of drug-likeness (QED) is 0.201. The summed E-state index contributed by atoms with van der Waals surface area (Å²) >= 11 is 6.22. The lowest BCUT2D eigenvalue weighted by atomic mass is 9.96. The Hall–Kier alpha value is -4.29. The maximum Gasteiger partial charge on any atom is 0.303 e. The van der Waals surface area contributed by atoms with Crippen LogP contribution in [0.25, 0.3) is 11.2 Å². The van der Waals surface area contributed by atoms with Crippen LogP contribution in [-0.2, 0) is 42.9 Å². The number of nitrogens with one attached hydrogen (secondary N) is 2. The molecular formula is C22H23ClN6O9. The van der Waals surface area contributed by atoms with Crippen LogP contribution in [0, 0.1) is 12.3 Å². The average Bonchev–Trinajstić information content (AvgIpc) is 3.22. The summed E-state index contributed by atoms with van der Waals surface area (Å²) in [5, 5.41) is 4.68. The van der Waals surface area contributed by atoms with Gasteiger partial charge in [-0.05, 0) is 0 Å². The second-order valence-corrected chi connectivity index (χ2v) is 8.29. The summed E-state index contributed by atoms with van der Waals surface area (Å²) in [6.45, 7) is 4.28. The Morgan fingerprint density at radius 2 is 1.63 bits per heavy atom. The van der Waals surface area contributed by atoms with Gasteiger partial charge in [-0.3, -0.25) is 33.9 Å². The molecule has 2 amide bonds. The lowest BCUT2D eigenvalue weighted by Gasteiger charge is -2.44. The van der Waals surface area contributed by atoms with Crippen molar-refractivity contribution in [1.29, 1.82) is 0 Å². The van der Waals surface area contributed by atoms with E-state index in [4.69, 9.17) is 37.0 Å². The number of aromatic nitrogens is 4. The number of hydrogen-bond acceptors (Lipinski definition) is 12. The summed E-state index contributed by atoms with van der Waals surface area (Å²) in [5.41, 5.74) is 0.0802. The van der Waals surface area contributed by atoms with Crippen LogP contribution in [0.15, 0.2) is 6.33 Å². The van der Waals surface area contributed by atoms with Gasteiger partial charge in [-0.2, -0.15) is 9.97 Å². The highest BCUT2D eigenvalue weighted by Gasteiger charge is 2.55. The van der Waals surface area contributed by atoms with E-state index in [1.165, 1.54) is 17.8 Å². The molecule has 1 fully saturated rings. The van der Waals surface area contributed by atoms with Crippen LogP contribution < -0.4 is 10.6 Å². The first-order chi connectivity index (χ1) is 17.9. The van der Waals surface area contributed by atoms with Crippen molar-refractivity contribution in [2.75, 3.05) is 11.9 Å². The molecule has 0 spiro atoms. The lowest BCUT2D eigenvalue weighted by molar-refractivity contribution is -0.258. The molecule has 0 bridgehead atoms. The molecule has 15 nitrogen and oxygen atoms in total. The number of amides is 2. The normalized spacial score (nSPS) is 22.6. The highest BCUT2D eigenvalue weighted by Crippen LogP contribution is 2.36. The van der Waals surface area contributed by atoms with Crippen LogP contribution in [0.1, 0.15) is 33.9 Å². The summed E-state index contributed by atoms with van der Waals surface area (Å²) in [5.74, 6) is -1.71. The third-order valence-electron chi connectivity index (χ3n) is 4.98. The molecule has 3 rings (SSSR count). The maximum atomic E-state index is 13.0. The number of fused-ring (bicyclic) bond motifs is 1. The van der Waals surface area contributed by atoms with Crippen molar-refractivity contribution in [2.24, 2.45) is 0 Å². The van der Waals surface area contributed by atoms with Crippen molar-refractivity contribution in [3.05, 3.63) is 11.5 Å². The number of esters is 3. The van der Waals surface area contributed by atoms with Gasteiger partial charge in [0.05, 0.1) is 12.9 Å². The lowest BCUT2D eigenvalue weighted by Crippen LogP contribution is -2.63. The summed E-state index contributed by atoms with van der Waals surface area (Å²) in [7, 11) is 0. The smallest absolute Gasteiger partial charge is 0.303 e. The van der Waals surface area contributed by atoms with Gasteiger partial charge in [0.1, 0.15) is 5.52 Å². The highest BCUT2D eigenvalue weighted by atomic mass is 35.5. The van der Waals surface area contributed by atoms with E-state index in [0.29, 0.717) is 0 Å². The molecule has 0 radical (unpaired) electrons. The number of ether oxygens (including phenoxy) is 4. The highest BCUT2D eigenvalue weighted by molar-refractivity contribution is 6.33. The molecule has 3 unspecified atom stereocenters. The van der Waals surface area contributed by atoms with E-state index in [-0.39, 0.29) is 28.8 Å². The van der Waals surface area contributed by atoms with Crippen molar-refractivity contribution < 1.29 is 42.9 Å². The molecule has 1 saturated heterocycles. The second kappa shape index (κ2) is 11.8. The van der Waals surface area contributed by atoms with Crippen molar-refractivity contribution >= 4 is 58.4 Å². The van der Waals surface area contributed by atoms with Crippen LogP contribution >= 0.6 is 11.6 Å². The Bertz CT molecular complexity index is 1320. The Kier molecular flexibility index (Phi) is 8.81. The van der Waals surface area contributed by atoms with Crippen LogP contribution in [0.3, 0.4) is 0 Å². The van der Waals surface area contributed by atoms with E-state index in [0.717, 1.165) is 20.8 Å². The van der Waals surface area contributed by atoms with Gasteiger partial charge in [0.15, 0.2) is 41.4 Å². The van der Waals surface area contributed by atoms with Gasteiger partial charge in [0.25, 0.3) is 5.91 Å². The Labute approximate surface area is 220 Å².